The van der Waals surface area contributed by atoms with Crippen LogP contribution in [0.1, 0.15) is 232 Å². The maximum absolute atomic E-state index is 6.47. The molecule has 0 saturated carbocycles. The van der Waals surface area contributed by atoms with Crippen LogP contribution in [0.25, 0.3) is 0 Å². The molecule has 2 heterocycles. The summed E-state index contributed by atoms with van der Waals surface area (Å²) >= 11 is 0. The molecule has 2 fully saturated rings. The molecule has 2 rings (SSSR count). The Bertz CT molecular complexity index is 643. The molecule has 2 aliphatic heterocycles. The van der Waals surface area contributed by atoms with Gasteiger partial charge in [-0.3, -0.25) is 0 Å². The third-order valence-electron chi connectivity index (χ3n) is 10.4. The average Bonchev–Trinajstić information content (AvgIpc) is 3.09. The molecule has 0 aromatic carbocycles. The molecule has 280 valence electrons. The summed E-state index contributed by atoms with van der Waals surface area (Å²) in [5.74, 6) is 0. The van der Waals surface area contributed by atoms with Gasteiger partial charge in [-0.05, 0) is 34.0 Å². The van der Waals surface area contributed by atoms with Crippen molar-refractivity contribution in [1.82, 2.24) is 0 Å². The van der Waals surface area contributed by atoms with Gasteiger partial charge in [-0.25, -0.2) is 0 Å². The Morgan fingerprint density at radius 2 is 0.702 bits per heavy atom. The second-order valence-corrected chi connectivity index (χ2v) is 18.1. The summed E-state index contributed by atoms with van der Waals surface area (Å²) in [6, 6.07) is 0. The summed E-state index contributed by atoms with van der Waals surface area (Å²) in [4.78, 5) is 0. The van der Waals surface area contributed by atoms with E-state index in [0.29, 0.717) is 30.0 Å². The zero-order valence-electron chi connectivity index (χ0n) is 31.7. The lowest BCUT2D eigenvalue weighted by atomic mass is 10.0. The van der Waals surface area contributed by atoms with E-state index in [1.165, 1.54) is 205 Å². The van der Waals surface area contributed by atoms with Gasteiger partial charge in [0.1, 0.15) is 5.34 Å². The van der Waals surface area contributed by atoms with Gasteiger partial charge in [0.2, 0.25) is 0 Å². The quantitative estimate of drug-likeness (QED) is 0.0495. The topological polar surface area (TPSA) is 36.9 Å². The number of ether oxygens (including phenoxy) is 3. The molecular formula is C41H82O4P2. The molecule has 0 aromatic rings. The smallest absolute Gasteiger partial charge is 0.162 e. The van der Waals surface area contributed by atoms with Gasteiger partial charge in [-0.15, -0.1) is 0 Å². The molecule has 3 atom stereocenters. The van der Waals surface area contributed by atoms with Crippen molar-refractivity contribution in [3.63, 3.8) is 0 Å². The molecule has 0 N–H and O–H groups in total. The van der Waals surface area contributed by atoms with Crippen molar-refractivity contribution < 1.29 is 18.7 Å². The number of rotatable bonds is 34. The predicted octanol–water partition coefficient (Wildman–Crippen LogP) is 14.9. The first-order valence-electron chi connectivity index (χ1n) is 21.4. The number of hydrogen-bond donors (Lipinski definition) is 0. The number of hydrogen-bond acceptors (Lipinski definition) is 4. The van der Waals surface area contributed by atoms with Crippen LogP contribution in [-0.4, -0.2) is 31.1 Å². The van der Waals surface area contributed by atoms with E-state index < -0.39 is 0 Å². The highest BCUT2D eigenvalue weighted by molar-refractivity contribution is 8.10. The maximum atomic E-state index is 6.47. The normalized spacial score (nSPS) is 22.6. The molecular weight excluding hydrogens is 618 g/mol. The fourth-order valence-electron chi connectivity index (χ4n) is 7.18. The van der Waals surface area contributed by atoms with Gasteiger partial charge in [0, 0.05) is 8.50 Å². The van der Waals surface area contributed by atoms with Crippen molar-refractivity contribution in [2.75, 3.05) is 13.2 Å². The second kappa shape index (κ2) is 32.6. The molecule has 3 unspecified atom stereocenters. The Hall–Kier alpha value is 0.700. The van der Waals surface area contributed by atoms with Gasteiger partial charge >= 0.3 is 0 Å². The monoisotopic (exact) mass is 701 g/mol. The second-order valence-electron chi connectivity index (χ2n) is 15.1. The minimum atomic E-state index is -0.248. The largest absolute Gasteiger partial charge is 0.349 e. The minimum absolute atomic E-state index is 0.0365. The molecule has 6 heteroatoms. The van der Waals surface area contributed by atoms with Crippen molar-refractivity contribution in [1.29, 1.82) is 0 Å². The van der Waals surface area contributed by atoms with E-state index in [4.69, 9.17) is 18.7 Å². The van der Waals surface area contributed by atoms with Crippen LogP contribution in [0.5, 0.6) is 0 Å². The van der Waals surface area contributed by atoms with Crippen molar-refractivity contribution >= 4 is 16.8 Å². The van der Waals surface area contributed by atoms with E-state index in [1.54, 1.807) is 0 Å². The minimum Gasteiger partial charge on any atom is -0.349 e. The Morgan fingerprint density at radius 3 is 1.04 bits per heavy atom. The summed E-state index contributed by atoms with van der Waals surface area (Å²) in [6.45, 7) is 5.96. The Balaban J connectivity index is 1.33. The third kappa shape index (κ3) is 25.3. The van der Waals surface area contributed by atoms with Gasteiger partial charge in [-0.1, -0.05) is 206 Å². The van der Waals surface area contributed by atoms with Crippen LogP contribution in [0, 0.1) is 0 Å². The standard InChI is InChI=1S/C41H82O4P2/c1-3-5-7-9-11-13-15-17-19-21-23-25-27-29-31-33-35-39-42-37-41(38-43-39)44-40(45-47-46-41)36-34-32-30-28-26-24-22-20-18-16-14-12-10-8-6-4-2/h39-40,46-47H,3-38H2,1-2H3. The average molecular weight is 701 g/mol. The molecule has 2 saturated heterocycles. The molecule has 0 aromatic heterocycles. The van der Waals surface area contributed by atoms with Gasteiger partial charge in [0.15, 0.2) is 12.6 Å². The van der Waals surface area contributed by atoms with Crippen molar-refractivity contribution in [3.05, 3.63) is 0 Å². The van der Waals surface area contributed by atoms with Crippen LogP contribution in [0.15, 0.2) is 0 Å². The zero-order valence-corrected chi connectivity index (χ0v) is 33.7. The van der Waals surface area contributed by atoms with Crippen LogP contribution in [-0.2, 0) is 18.7 Å². The highest BCUT2D eigenvalue weighted by Gasteiger charge is 2.43. The molecule has 0 radical (unpaired) electrons. The first-order chi connectivity index (χ1) is 23.3. The van der Waals surface area contributed by atoms with Crippen molar-refractivity contribution in [3.8, 4) is 0 Å². The molecule has 1 spiro atoms. The van der Waals surface area contributed by atoms with E-state index in [0.717, 1.165) is 12.8 Å². The number of unbranched alkanes of at least 4 members (excludes halogenated alkanes) is 30. The Morgan fingerprint density at radius 1 is 0.404 bits per heavy atom. The SMILES string of the molecule is CCCCCCCCCCCCCCCCCCC1OCC2(CO1)OC(CCCCCCCCCCCCCCCCCC)OPP2. The highest BCUT2D eigenvalue weighted by Crippen LogP contribution is 2.56. The predicted molar refractivity (Wildman–Crippen MR) is 209 cm³/mol. The van der Waals surface area contributed by atoms with E-state index in [1.807, 2.05) is 0 Å². The van der Waals surface area contributed by atoms with Gasteiger partial charge in [0.05, 0.1) is 13.2 Å². The lowest BCUT2D eigenvalue weighted by Crippen LogP contribution is -2.49. The lowest BCUT2D eigenvalue weighted by Gasteiger charge is -2.44. The molecule has 4 nitrogen and oxygen atoms in total. The first kappa shape index (κ1) is 43.9. The molecule has 0 amide bonds. The van der Waals surface area contributed by atoms with Crippen molar-refractivity contribution in [2.24, 2.45) is 0 Å². The van der Waals surface area contributed by atoms with E-state index in [-0.39, 0.29) is 17.9 Å². The zero-order chi connectivity index (χ0) is 33.4. The fraction of sp³-hybridized carbons (Fsp3) is 1.00. The lowest BCUT2D eigenvalue weighted by molar-refractivity contribution is -0.268. The molecule has 0 aliphatic carbocycles. The molecule has 2 aliphatic rings. The van der Waals surface area contributed by atoms with Gasteiger partial charge < -0.3 is 18.7 Å². The van der Waals surface area contributed by atoms with E-state index >= 15 is 0 Å². The Kier molecular flexibility index (Phi) is 30.4. The van der Waals surface area contributed by atoms with Crippen LogP contribution in [0.4, 0.5) is 0 Å². The fourth-order valence-corrected chi connectivity index (χ4v) is 9.96. The maximum Gasteiger partial charge on any atom is 0.162 e. The summed E-state index contributed by atoms with van der Waals surface area (Å²) in [5.41, 5.74) is 0. The molecule has 0 bridgehead atoms. The first-order valence-corrected chi connectivity index (χ1v) is 24.3. The van der Waals surface area contributed by atoms with Crippen LogP contribution >= 0.6 is 16.8 Å². The summed E-state index contributed by atoms with van der Waals surface area (Å²) < 4.78 is 24.9. The van der Waals surface area contributed by atoms with Crippen LogP contribution in [0.3, 0.4) is 0 Å². The van der Waals surface area contributed by atoms with Crippen LogP contribution in [0.2, 0.25) is 0 Å². The van der Waals surface area contributed by atoms with Crippen molar-refractivity contribution in [2.45, 2.75) is 250 Å². The highest BCUT2D eigenvalue weighted by atomic mass is 32.0. The van der Waals surface area contributed by atoms with Gasteiger partial charge in [-0.2, -0.15) is 0 Å². The van der Waals surface area contributed by atoms with E-state index in [2.05, 4.69) is 13.8 Å². The molecule has 47 heavy (non-hydrogen) atoms. The van der Waals surface area contributed by atoms with E-state index in [9.17, 15) is 0 Å². The summed E-state index contributed by atoms with van der Waals surface area (Å²) in [7, 11) is 1.16. The van der Waals surface area contributed by atoms with Crippen LogP contribution < -0.4 is 0 Å². The third-order valence-corrected chi connectivity index (χ3v) is 13.8. The summed E-state index contributed by atoms with van der Waals surface area (Å²) in [5, 5.41) is -0.248. The summed E-state index contributed by atoms with van der Waals surface area (Å²) in [6.07, 6.45) is 46.9. The Labute approximate surface area is 298 Å². The van der Waals surface area contributed by atoms with Gasteiger partial charge in [0.25, 0.3) is 0 Å².